The lowest BCUT2D eigenvalue weighted by atomic mass is 9.89. The maximum Gasteiger partial charge on any atom is 0.230 e. The van der Waals surface area contributed by atoms with Gasteiger partial charge in [-0.2, -0.15) is 0 Å². The maximum absolute atomic E-state index is 13.3. The Hall–Kier alpha value is -2.63. The number of carbonyl (C=O) groups is 2. The van der Waals surface area contributed by atoms with Gasteiger partial charge >= 0.3 is 0 Å². The van der Waals surface area contributed by atoms with Crippen molar-refractivity contribution in [3.8, 4) is 0 Å². The number of amides is 2. The average molecular weight is 316 g/mol. The zero-order valence-electron chi connectivity index (χ0n) is 12.9. The zero-order valence-corrected chi connectivity index (χ0v) is 12.9. The van der Waals surface area contributed by atoms with Crippen molar-refractivity contribution in [3.05, 3.63) is 53.2 Å². The van der Waals surface area contributed by atoms with Crippen molar-refractivity contribution in [2.45, 2.75) is 25.8 Å². The number of aryl methyl sites for hydroxylation is 1. The second kappa shape index (κ2) is 5.87. The first-order valence-corrected chi connectivity index (χ1v) is 7.33. The van der Waals surface area contributed by atoms with Crippen LogP contribution in [0.1, 0.15) is 29.4 Å². The molecule has 0 spiro atoms. The van der Waals surface area contributed by atoms with Crippen LogP contribution in [0.25, 0.3) is 0 Å². The summed E-state index contributed by atoms with van der Waals surface area (Å²) >= 11 is 0. The van der Waals surface area contributed by atoms with E-state index in [-0.39, 0.29) is 18.2 Å². The number of carbonyl (C=O) groups excluding carboxylic acids is 2. The lowest BCUT2D eigenvalue weighted by molar-refractivity contribution is -0.134. The molecule has 2 amide bonds. The fourth-order valence-corrected chi connectivity index (χ4v) is 2.81. The minimum Gasteiger partial charge on any atom is -0.464 e. The third kappa shape index (κ3) is 3.11. The molecule has 0 saturated heterocycles. The summed E-state index contributed by atoms with van der Waals surface area (Å²) in [4.78, 5) is 26.0. The van der Waals surface area contributed by atoms with E-state index in [1.807, 2.05) is 19.1 Å². The van der Waals surface area contributed by atoms with E-state index in [1.165, 1.54) is 17.0 Å². The molecule has 1 aromatic heterocycles. The number of hydrogen-bond donors (Lipinski definition) is 1. The summed E-state index contributed by atoms with van der Waals surface area (Å²) in [5, 5.41) is 2.61. The van der Waals surface area contributed by atoms with Gasteiger partial charge in [-0.25, -0.2) is 4.39 Å². The summed E-state index contributed by atoms with van der Waals surface area (Å²) in [5.74, 6) is -0.0842. The molecule has 0 bridgehead atoms. The number of halogens is 1. The second-order valence-electron chi connectivity index (χ2n) is 5.74. The molecule has 120 valence electrons. The Kier molecular flexibility index (Phi) is 3.90. The van der Waals surface area contributed by atoms with E-state index in [0.717, 1.165) is 5.76 Å². The normalized spacial score (nSPS) is 16.7. The summed E-state index contributed by atoms with van der Waals surface area (Å²) in [6.45, 7) is 2.16. The van der Waals surface area contributed by atoms with E-state index >= 15 is 0 Å². The molecule has 1 N–H and O–H groups in total. The molecule has 23 heavy (non-hydrogen) atoms. The highest BCUT2D eigenvalue weighted by Gasteiger charge is 2.32. The van der Waals surface area contributed by atoms with Gasteiger partial charge in [-0.15, -0.1) is 0 Å². The van der Waals surface area contributed by atoms with Crippen molar-refractivity contribution in [2.24, 2.45) is 0 Å². The zero-order chi connectivity index (χ0) is 16.6. The molecule has 6 heteroatoms. The first-order chi connectivity index (χ1) is 10.9. The van der Waals surface area contributed by atoms with Crippen LogP contribution in [-0.4, -0.2) is 23.8 Å². The average Bonchev–Trinajstić information content (AvgIpc) is 2.90. The molecule has 2 heterocycles. The molecule has 1 aromatic carbocycles. The monoisotopic (exact) mass is 316 g/mol. The third-order valence-electron chi connectivity index (χ3n) is 3.92. The predicted octanol–water partition coefficient (Wildman–Crippen LogP) is 2.81. The molecule has 5 nitrogen and oxygen atoms in total. The summed E-state index contributed by atoms with van der Waals surface area (Å²) < 4.78 is 18.8. The van der Waals surface area contributed by atoms with Crippen molar-refractivity contribution < 1.29 is 18.4 Å². The van der Waals surface area contributed by atoms with Crippen molar-refractivity contribution in [2.75, 3.05) is 12.4 Å². The topological polar surface area (TPSA) is 62.6 Å². The first kappa shape index (κ1) is 15.3. The Morgan fingerprint density at radius 1 is 1.39 bits per heavy atom. The van der Waals surface area contributed by atoms with E-state index in [2.05, 4.69) is 5.32 Å². The van der Waals surface area contributed by atoms with Crippen LogP contribution in [0.15, 0.2) is 34.7 Å². The summed E-state index contributed by atoms with van der Waals surface area (Å²) in [5.41, 5.74) is 1.00. The summed E-state index contributed by atoms with van der Waals surface area (Å²) in [6, 6.07) is 7.74. The number of anilines is 1. The highest BCUT2D eigenvalue weighted by Crippen LogP contribution is 2.34. The van der Waals surface area contributed by atoms with Gasteiger partial charge in [-0.1, -0.05) is 6.07 Å². The fraction of sp³-hybridized carbons (Fsp3) is 0.294. The summed E-state index contributed by atoms with van der Waals surface area (Å²) in [7, 11) is 1.66. The highest BCUT2D eigenvalue weighted by atomic mass is 19.1. The SMILES string of the molecule is Cc1ccc(CN(C)C(=O)C2CC(=O)Nc3cc(F)ccc32)o1. The van der Waals surface area contributed by atoms with E-state index < -0.39 is 11.7 Å². The molecule has 0 aliphatic carbocycles. The van der Waals surface area contributed by atoms with Crippen molar-refractivity contribution in [1.82, 2.24) is 4.90 Å². The molecule has 1 aliphatic heterocycles. The predicted molar refractivity (Wildman–Crippen MR) is 82.3 cm³/mol. The van der Waals surface area contributed by atoms with Crippen molar-refractivity contribution in [1.29, 1.82) is 0 Å². The van der Waals surface area contributed by atoms with Crippen LogP contribution in [0.3, 0.4) is 0 Å². The van der Waals surface area contributed by atoms with E-state index in [0.29, 0.717) is 23.6 Å². The number of rotatable bonds is 3. The van der Waals surface area contributed by atoms with E-state index in [9.17, 15) is 14.0 Å². The van der Waals surface area contributed by atoms with Crippen LogP contribution in [0.4, 0.5) is 10.1 Å². The van der Waals surface area contributed by atoms with E-state index in [4.69, 9.17) is 4.42 Å². The van der Waals surface area contributed by atoms with Gasteiger partial charge in [-0.3, -0.25) is 9.59 Å². The van der Waals surface area contributed by atoms with Gasteiger partial charge < -0.3 is 14.6 Å². The molecule has 2 aromatic rings. The van der Waals surface area contributed by atoms with E-state index in [1.54, 1.807) is 13.1 Å². The minimum atomic E-state index is -0.611. The molecule has 3 rings (SSSR count). The van der Waals surface area contributed by atoms with Crippen LogP contribution in [-0.2, 0) is 16.1 Å². The molecule has 1 aliphatic rings. The van der Waals surface area contributed by atoms with Crippen LogP contribution >= 0.6 is 0 Å². The van der Waals surface area contributed by atoms with Gasteiger partial charge in [0.2, 0.25) is 11.8 Å². The molecule has 0 radical (unpaired) electrons. The number of nitrogens with one attached hydrogen (secondary N) is 1. The van der Waals surface area contributed by atoms with Gasteiger partial charge in [0, 0.05) is 19.2 Å². The number of fused-ring (bicyclic) bond motifs is 1. The number of likely N-dealkylation sites (N-methyl/N-ethyl adjacent to an activating group) is 1. The molecule has 0 fully saturated rings. The Labute approximate surface area is 133 Å². The quantitative estimate of drug-likeness (QED) is 0.947. The van der Waals surface area contributed by atoms with Gasteiger partial charge in [0.05, 0.1) is 12.5 Å². The van der Waals surface area contributed by atoms with Crippen molar-refractivity contribution >= 4 is 17.5 Å². The lowest BCUT2D eigenvalue weighted by Crippen LogP contribution is -2.36. The van der Waals surface area contributed by atoms with Crippen molar-refractivity contribution in [3.63, 3.8) is 0 Å². The first-order valence-electron chi connectivity index (χ1n) is 7.33. The van der Waals surface area contributed by atoms with Gasteiger partial charge in [0.25, 0.3) is 0 Å². The molecular formula is C17H17FN2O3. The van der Waals surface area contributed by atoms with Gasteiger partial charge in [0.1, 0.15) is 17.3 Å². The highest BCUT2D eigenvalue weighted by molar-refractivity contribution is 6.01. The lowest BCUT2D eigenvalue weighted by Gasteiger charge is -2.28. The molecule has 1 unspecified atom stereocenters. The minimum absolute atomic E-state index is 0.0546. The van der Waals surface area contributed by atoms with Gasteiger partial charge in [0.15, 0.2) is 0 Å². The molecular weight excluding hydrogens is 299 g/mol. The van der Waals surface area contributed by atoms with Crippen LogP contribution in [0.5, 0.6) is 0 Å². The number of furan rings is 1. The van der Waals surface area contributed by atoms with Gasteiger partial charge in [-0.05, 0) is 36.8 Å². The Morgan fingerprint density at radius 3 is 2.87 bits per heavy atom. The maximum atomic E-state index is 13.3. The standard InChI is InChI=1S/C17H17FN2O3/c1-10-3-5-12(23-10)9-20(2)17(22)14-8-16(21)19-15-7-11(18)4-6-13(14)15/h3-7,14H,8-9H2,1-2H3,(H,19,21). The third-order valence-corrected chi connectivity index (χ3v) is 3.92. The molecule has 1 atom stereocenters. The van der Waals surface area contributed by atoms with Crippen LogP contribution in [0, 0.1) is 12.7 Å². The number of hydrogen-bond acceptors (Lipinski definition) is 3. The Morgan fingerprint density at radius 2 is 2.17 bits per heavy atom. The summed E-state index contributed by atoms with van der Waals surface area (Å²) in [6.07, 6.45) is 0.0546. The smallest absolute Gasteiger partial charge is 0.230 e. The number of nitrogens with zero attached hydrogens (tertiary/aromatic N) is 1. The number of benzene rings is 1. The Bertz CT molecular complexity index is 769. The largest absolute Gasteiger partial charge is 0.464 e. The molecule has 0 saturated carbocycles. The Balaban J connectivity index is 1.83. The fourth-order valence-electron chi connectivity index (χ4n) is 2.81. The van der Waals surface area contributed by atoms with Crippen LogP contribution < -0.4 is 5.32 Å². The van der Waals surface area contributed by atoms with Crippen LogP contribution in [0.2, 0.25) is 0 Å². The second-order valence-corrected chi connectivity index (χ2v) is 5.74.